The summed E-state index contributed by atoms with van der Waals surface area (Å²) in [5.74, 6) is 0.794. The summed E-state index contributed by atoms with van der Waals surface area (Å²) in [4.78, 5) is 24.0. The highest BCUT2D eigenvalue weighted by atomic mass is 32.1. The average molecular weight is 448 g/mol. The van der Waals surface area contributed by atoms with Gasteiger partial charge in [-0.25, -0.2) is 19.9 Å². The minimum absolute atomic E-state index is 0.0257. The van der Waals surface area contributed by atoms with Gasteiger partial charge in [-0.3, -0.25) is 0 Å². The smallest absolute Gasteiger partial charge is 0.237 e. The number of nitrogens with zero attached hydrogens (tertiary/aromatic N) is 8. The van der Waals surface area contributed by atoms with Crippen LogP contribution in [-0.4, -0.2) is 19.9 Å². The van der Waals surface area contributed by atoms with Gasteiger partial charge in [0.1, 0.15) is 35.4 Å². The molecule has 8 nitrogen and oxygen atoms in total. The molecule has 0 saturated carbocycles. The maximum absolute atomic E-state index is 9.37. The van der Waals surface area contributed by atoms with E-state index in [0.29, 0.717) is 40.9 Å². The second-order valence-corrected chi connectivity index (χ2v) is 8.10. The van der Waals surface area contributed by atoms with Gasteiger partial charge in [-0.2, -0.15) is 20.2 Å². The van der Waals surface area contributed by atoms with Gasteiger partial charge in [0, 0.05) is 35.9 Å². The highest BCUT2D eigenvalue weighted by Crippen LogP contribution is 2.26. The first-order valence-electron chi connectivity index (χ1n) is 8.82. The first-order chi connectivity index (χ1) is 15.7. The Hall–Kier alpha value is -4.74. The molecular formula is C22H8N8S2. The van der Waals surface area contributed by atoms with Gasteiger partial charge in [0.25, 0.3) is 0 Å². The fourth-order valence-corrected chi connectivity index (χ4v) is 5.18. The Labute approximate surface area is 189 Å². The quantitative estimate of drug-likeness (QED) is 0.436. The molecule has 148 valence electrons. The molecule has 32 heavy (non-hydrogen) atoms. The Bertz CT molecular complexity index is 1550. The molecule has 0 aliphatic heterocycles. The van der Waals surface area contributed by atoms with Crippen LogP contribution in [0.3, 0.4) is 0 Å². The third-order valence-corrected chi connectivity index (χ3v) is 6.63. The summed E-state index contributed by atoms with van der Waals surface area (Å²) < 4.78 is 2.35. The van der Waals surface area contributed by atoms with E-state index < -0.39 is 0 Å². The van der Waals surface area contributed by atoms with E-state index in [-0.39, 0.29) is 11.4 Å². The summed E-state index contributed by atoms with van der Waals surface area (Å²) in [6.07, 6.45) is 6.42. The monoisotopic (exact) mass is 448 g/mol. The number of hydrogen-bond acceptors (Lipinski definition) is 8. The fourth-order valence-electron chi connectivity index (χ4n) is 2.83. The minimum atomic E-state index is -0.0611. The lowest BCUT2D eigenvalue weighted by molar-refractivity contribution is 1.17. The van der Waals surface area contributed by atoms with Gasteiger partial charge in [-0.1, -0.05) is 0 Å². The summed E-state index contributed by atoms with van der Waals surface area (Å²) in [5, 5.41) is 18.7. The van der Waals surface area contributed by atoms with Crippen LogP contribution >= 0.6 is 22.7 Å². The SMILES string of the molecule is [C-]#[N+]C([N+]#[C-])=c1cc(-c2ncccn2)/c(=c2\sc(=C(C#N)C#N)cc2-c2ncccn2)s1. The van der Waals surface area contributed by atoms with Crippen molar-refractivity contribution in [3.05, 3.63) is 90.0 Å². The van der Waals surface area contributed by atoms with Gasteiger partial charge >= 0.3 is 5.82 Å². The molecule has 0 aliphatic rings. The van der Waals surface area contributed by atoms with Crippen molar-refractivity contribution in [1.29, 1.82) is 10.5 Å². The molecule has 10 heteroatoms. The molecule has 4 aromatic rings. The Kier molecular flexibility index (Phi) is 5.74. The number of rotatable bonds is 2. The summed E-state index contributed by atoms with van der Waals surface area (Å²) in [6.45, 7) is 14.7. The predicted molar refractivity (Wildman–Crippen MR) is 119 cm³/mol. The molecule has 0 atom stereocenters. The Morgan fingerprint density at radius 1 is 0.750 bits per heavy atom. The molecule has 0 unspecified atom stereocenters. The number of nitriles is 2. The predicted octanol–water partition coefficient (Wildman–Crippen LogP) is 3.11. The first kappa shape index (κ1) is 20.5. The summed E-state index contributed by atoms with van der Waals surface area (Å²) in [5.41, 5.74) is 1.24. The van der Waals surface area contributed by atoms with Gasteiger partial charge in [-0.05, 0) is 24.3 Å². The third-order valence-electron chi connectivity index (χ3n) is 4.19. The van der Waals surface area contributed by atoms with E-state index in [1.165, 1.54) is 22.7 Å². The van der Waals surface area contributed by atoms with Crippen molar-refractivity contribution >= 4 is 34.1 Å². The lowest BCUT2D eigenvalue weighted by Gasteiger charge is -1.97. The van der Waals surface area contributed by atoms with Gasteiger partial charge < -0.3 is 0 Å². The van der Waals surface area contributed by atoms with Gasteiger partial charge in [0.2, 0.25) is 0 Å². The topological polar surface area (TPSA) is 108 Å². The van der Waals surface area contributed by atoms with E-state index in [9.17, 15) is 10.5 Å². The maximum atomic E-state index is 9.37. The van der Waals surface area contributed by atoms with Crippen molar-refractivity contribution in [3.63, 3.8) is 0 Å². The van der Waals surface area contributed by atoms with E-state index in [4.69, 9.17) is 13.1 Å². The van der Waals surface area contributed by atoms with E-state index in [1.54, 1.807) is 49.1 Å². The van der Waals surface area contributed by atoms with Crippen LogP contribution in [-0.2, 0) is 0 Å². The normalized spacial score (nSPS) is 10.9. The highest BCUT2D eigenvalue weighted by Gasteiger charge is 2.16. The molecule has 0 bridgehead atoms. The standard InChI is InChI=1S/C22H8N8S2/c1-25-22(26-2)17-10-15(21-29-7-4-8-30-21)19(32-17)18-14(20-27-5-3-6-28-20)9-16(31-18)13(11-23)12-24/h3-10H/b19-18+. The van der Waals surface area contributed by atoms with Crippen LogP contribution < -0.4 is 9.06 Å². The van der Waals surface area contributed by atoms with Gasteiger partial charge in [0.15, 0.2) is 11.6 Å². The first-order valence-corrected chi connectivity index (χ1v) is 10.5. The van der Waals surface area contributed by atoms with Crippen molar-refractivity contribution in [2.75, 3.05) is 0 Å². The van der Waals surface area contributed by atoms with Crippen LogP contribution in [0.2, 0.25) is 0 Å². The zero-order valence-electron chi connectivity index (χ0n) is 16.0. The molecule has 0 radical (unpaired) electrons. The van der Waals surface area contributed by atoms with Crippen LogP contribution in [0, 0.1) is 44.9 Å². The third kappa shape index (κ3) is 3.71. The Balaban J connectivity index is 2.30. The van der Waals surface area contributed by atoms with Crippen molar-refractivity contribution in [1.82, 2.24) is 19.9 Å². The van der Waals surface area contributed by atoms with E-state index in [1.807, 2.05) is 12.1 Å². The Morgan fingerprint density at radius 3 is 1.62 bits per heavy atom. The van der Waals surface area contributed by atoms with Crippen LogP contribution in [0.25, 0.3) is 43.9 Å². The van der Waals surface area contributed by atoms with Crippen molar-refractivity contribution in [2.45, 2.75) is 0 Å². The minimum Gasteiger partial charge on any atom is -0.237 e. The average Bonchev–Trinajstić information content (AvgIpc) is 3.47. The number of thiophene rings is 2. The van der Waals surface area contributed by atoms with E-state index in [2.05, 4.69) is 29.6 Å². The highest BCUT2D eigenvalue weighted by molar-refractivity contribution is 7.12. The fraction of sp³-hybridized carbons (Fsp3) is 0. The lowest BCUT2D eigenvalue weighted by Crippen LogP contribution is -1.95. The molecular weight excluding hydrogens is 440 g/mol. The van der Waals surface area contributed by atoms with E-state index >= 15 is 0 Å². The van der Waals surface area contributed by atoms with Crippen molar-refractivity contribution in [2.24, 2.45) is 0 Å². The molecule has 0 saturated heterocycles. The second-order valence-electron chi connectivity index (χ2n) is 6.00. The van der Waals surface area contributed by atoms with Crippen LogP contribution in [0.5, 0.6) is 0 Å². The van der Waals surface area contributed by atoms with Crippen LogP contribution in [0.15, 0.2) is 49.1 Å². The summed E-state index contributed by atoms with van der Waals surface area (Å²) >= 11 is 2.49. The molecule has 0 amide bonds. The van der Waals surface area contributed by atoms with Gasteiger partial charge in [-0.15, -0.1) is 22.7 Å². The molecule has 0 N–H and O–H groups in total. The zero-order valence-corrected chi connectivity index (χ0v) is 17.6. The van der Waals surface area contributed by atoms with Crippen molar-refractivity contribution < 1.29 is 0 Å². The largest absolute Gasteiger partial charge is 0.536 e. The Morgan fingerprint density at radius 2 is 1.19 bits per heavy atom. The molecule has 0 fully saturated rings. The van der Waals surface area contributed by atoms with Crippen LogP contribution in [0.4, 0.5) is 0 Å². The summed E-state index contributed by atoms with van der Waals surface area (Å²) in [7, 11) is 0. The molecule has 0 aromatic carbocycles. The molecule has 0 spiro atoms. The summed E-state index contributed by atoms with van der Waals surface area (Å²) in [6, 6.07) is 10.7. The molecule has 4 rings (SSSR count). The molecule has 4 heterocycles. The second kappa shape index (κ2) is 8.95. The maximum Gasteiger partial charge on any atom is 0.536 e. The van der Waals surface area contributed by atoms with Crippen molar-refractivity contribution in [3.8, 4) is 34.9 Å². The van der Waals surface area contributed by atoms with Crippen LogP contribution in [0.1, 0.15) is 0 Å². The lowest BCUT2D eigenvalue weighted by atomic mass is 10.2. The van der Waals surface area contributed by atoms with E-state index in [0.717, 1.165) is 0 Å². The molecule has 4 aromatic heterocycles. The number of hydrogen-bond donors (Lipinski definition) is 0. The number of aromatic nitrogens is 4. The molecule has 0 aliphatic carbocycles. The van der Waals surface area contributed by atoms with Gasteiger partial charge in [0.05, 0.1) is 13.6 Å². The zero-order chi connectivity index (χ0) is 22.5.